The molecule has 0 amide bonds. The van der Waals surface area contributed by atoms with Gasteiger partial charge in [-0.25, -0.2) is 0 Å². The van der Waals surface area contributed by atoms with E-state index in [4.69, 9.17) is 4.74 Å². The van der Waals surface area contributed by atoms with Gasteiger partial charge in [-0.05, 0) is 32.7 Å². The molecule has 106 valence electrons. The Morgan fingerprint density at radius 1 is 1.28 bits per heavy atom. The molecule has 0 spiro atoms. The number of carbonyl (C=O) groups excluding carboxylic acids is 1. The number of nitrogens with zero attached hydrogens (tertiary/aromatic N) is 1. The molecule has 0 bridgehead atoms. The number of hydrogen-bond donors (Lipinski definition) is 1. The lowest BCUT2D eigenvalue weighted by Gasteiger charge is -2.46. The number of ether oxygens (including phenoxy) is 1. The van der Waals surface area contributed by atoms with Gasteiger partial charge in [0.1, 0.15) is 0 Å². The second-order valence-electron chi connectivity index (χ2n) is 5.30. The fraction of sp³-hybridized carbons (Fsp3) is 0.929. The van der Waals surface area contributed by atoms with Crippen LogP contribution in [0, 0.1) is 0 Å². The Labute approximate surface area is 110 Å². The minimum absolute atomic E-state index is 0.0845. The van der Waals surface area contributed by atoms with Crippen LogP contribution in [0.15, 0.2) is 0 Å². The van der Waals surface area contributed by atoms with E-state index in [-0.39, 0.29) is 5.97 Å². The number of unbranched alkanes of at least 4 members (excludes halogenated alkanes) is 2. The summed E-state index contributed by atoms with van der Waals surface area (Å²) in [6, 6.07) is 0. The van der Waals surface area contributed by atoms with Gasteiger partial charge in [-0.15, -0.1) is 0 Å². The predicted molar refractivity (Wildman–Crippen MR) is 71.4 cm³/mol. The van der Waals surface area contributed by atoms with Crippen molar-refractivity contribution >= 4 is 5.97 Å². The van der Waals surface area contributed by atoms with E-state index in [0.29, 0.717) is 13.0 Å². The molecular weight excluding hydrogens is 230 g/mol. The molecule has 1 aliphatic rings. The van der Waals surface area contributed by atoms with Crippen LogP contribution in [0.4, 0.5) is 0 Å². The van der Waals surface area contributed by atoms with Gasteiger partial charge in [0.2, 0.25) is 0 Å². The molecule has 1 heterocycles. The van der Waals surface area contributed by atoms with E-state index in [2.05, 4.69) is 11.8 Å². The molecule has 0 aromatic carbocycles. The molecule has 0 aromatic heterocycles. The summed E-state index contributed by atoms with van der Waals surface area (Å²) in [6.07, 6.45) is 5.55. The first-order chi connectivity index (χ1) is 8.59. The number of β-amino-alcohol motifs (C(OH)–C–C–N with tert-alkyl or cyclic N) is 1. The number of esters is 1. The zero-order valence-electron chi connectivity index (χ0n) is 11.8. The van der Waals surface area contributed by atoms with Crippen molar-refractivity contribution in [2.45, 2.75) is 58.0 Å². The van der Waals surface area contributed by atoms with Gasteiger partial charge in [-0.1, -0.05) is 19.8 Å². The number of carbonyl (C=O) groups is 1. The van der Waals surface area contributed by atoms with E-state index < -0.39 is 5.60 Å². The Balaban J connectivity index is 1.93. The van der Waals surface area contributed by atoms with Crippen LogP contribution in [0.2, 0.25) is 0 Å². The monoisotopic (exact) mass is 257 g/mol. The molecule has 4 nitrogen and oxygen atoms in total. The van der Waals surface area contributed by atoms with Crippen LogP contribution in [0.3, 0.4) is 0 Å². The summed E-state index contributed by atoms with van der Waals surface area (Å²) in [4.78, 5) is 13.4. The van der Waals surface area contributed by atoms with E-state index in [1.54, 1.807) is 0 Å². The molecule has 0 unspecified atom stereocenters. The maximum Gasteiger partial charge on any atom is 0.305 e. The molecule has 0 atom stereocenters. The van der Waals surface area contributed by atoms with E-state index in [1.165, 1.54) is 0 Å². The third-order valence-corrected chi connectivity index (χ3v) is 3.41. The summed E-state index contributed by atoms with van der Waals surface area (Å²) in [5.41, 5.74) is -0.417. The van der Waals surface area contributed by atoms with Gasteiger partial charge in [0.25, 0.3) is 0 Å². The highest BCUT2D eigenvalue weighted by atomic mass is 16.5. The van der Waals surface area contributed by atoms with Crippen molar-refractivity contribution in [2.24, 2.45) is 0 Å². The van der Waals surface area contributed by atoms with Crippen LogP contribution in [0.25, 0.3) is 0 Å². The van der Waals surface area contributed by atoms with Gasteiger partial charge in [-0.3, -0.25) is 9.69 Å². The largest absolute Gasteiger partial charge is 0.466 e. The van der Waals surface area contributed by atoms with Crippen molar-refractivity contribution in [1.82, 2.24) is 4.90 Å². The Hall–Kier alpha value is -0.610. The van der Waals surface area contributed by atoms with Crippen molar-refractivity contribution < 1.29 is 14.6 Å². The van der Waals surface area contributed by atoms with Crippen molar-refractivity contribution in [1.29, 1.82) is 0 Å². The maximum atomic E-state index is 11.1. The lowest BCUT2D eigenvalue weighted by molar-refractivity contribution is -0.143. The third kappa shape index (κ3) is 5.36. The first-order valence-corrected chi connectivity index (χ1v) is 7.20. The van der Waals surface area contributed by atoms with Gasteiger partial charge in [0.05, 0.1) is 12.2 Å². The minimum Gasteiger partial charge on any atom is -0.466 e. The van der Waals surface area contributed by atoms with Crippen LogP contribution >= 0.6 is 0 Å². The second kappa shape index (κ2) is 7.74. The van der Waals surface area contributed by atoms with E-state index >= 15 is 0 Å². The first-order valence-electron chi connectivity index (χ1n) is 7.20. The molecule has 1 N–H and O–H groups in total. The molecule has 0 aromatic rings. The Bertz CT molecular complexity index is 249. The molecule has 0 aliphatic carbocycles. The molecule has 18 heavy (non-hydrogen) atoms. The van der Waals surface area contributed by atoms with Crippen LogP contribution in [0.5, 0.6) is 0 Å². The Morgan fingerprint density at radius 3 is 2.61 bits per heavy atom. The molecule has 4 heteroatoms. The lowest BCUT2D eigenvalue weighted by Crippen LogP contribution is -2.61. The van der Waals surface area contributed by atoms with Crippen LogP contribution < -0.4 is 0 Å². The summed E-state index contributed by atoms with van der Waals surface area (Å²) in [6.45, 7) is 7.09. The number of hydrogen-bond acceptors (Lipinski definition) is 4. The zero-order chi connectivity index (χ0) is 13.4. The SMILES string of the molecule is CCCC1(O)CN(CCCCCC(=O)OCC)C1. The van der Waals surface area contributed by atoms with Crippen LogP contribution in [-0.2, 0) is 9.53 Å². The maximum absolute atomic E-state index is 11.1. The summed E-state index contributed by atoms with van der Waals surface area (Å²) in [5.74, 6) is -0.0845. The van der Waals surface area contributed by atoms with Crippen molar-refractivity contribution in [2.75, 3.05) is 26.2 Å². The van der Waals surface area contributed by atoms with Crippen molar-refractivity contribution in [3.8, 4) is 0 Å². The molecule has 0 radical (unpaired) electrons. The van der Waals surface area contributed by atoms with Crippen LogP contribution in [-0.4, -0.2) is 47.8 Å². The van der Waals surface area contributed by atoms with Gasteiger partial charge < -0.3 is 9.84 Å². The third-order valence-electron chi connectivity index (χ3n) is 3.41. The quantitative estimate of drug-likeness (QED) is 0.507. The summed E-state index contributed by atoms with van der Waals surface area (Å²) in [7, 11) is 0. The van der Waals surface area contributed by atoms with Gasteiger partial charge in [0.15, 0.2) is 0 Å². The van der Waals surface area contributed by atoms with Gasteiger partial charge >= 0.3 is 5.97 Å². The summed E-state index contributed by atoms with van der Waals surface area (Å²) in [5, 5.41) is 10.0. The average molecular weight is 257 g/mol. The Morgan fingerprint density at radius 2 is 2.00 bits per heavy atom. The van der Waals surface area contributed by atoms with E-state index in [0.717, 1.165) is 51.7 Å². The standard InChI is InChI=1S/C14H27NO3/c1-3-9-14(17)11-15(12-14)10-7-5-6-8-13(16)18-4-2/h17H,3-12H2,1-2H3. The molecule has 1 rings (SSSR count). The highest BCUT2D eigenvalue weighted by Crippen LogP contribution is 2.25. The number of aliphatic hydroxyl groups is 1. The highest BCUT2D eigenvalue weighted by Gasteiger charge is 2.39. The summed E-state index contributed by atoms with van der Waals surface area (Å²) >= 11 is 0. The van der Waals surface area contributed by atoms with Gasteiger partial charge in [-0.2, -0.15) is 0 Å². The second-order valence-corrected chi connectivity index (χ2v) is 5.30. The number of rotatable bonds is 9. The zero-order valence-corrected chi connectivity index (χ0v) is 11.8. The highest BCUT2D eigenvalue weighted by molar-refractivity contribution is 5.69. The van der Waals surface area contributed by atoms with Crippen molar-refractivity contribution in [3.05, 3.63) is 0 Å². The molecule has 0 saturated carbocycles. The lowest BCUT2D eigenvalue weighted by atomic mass is 9.89. The topological polar surface area (TPSA) is 49.8 Å². The Kier molecular flexibility index (Phi) is 6.65. The average Bonchev–Trinajstić information content (AvgIpc) is 2.27. The summed E-state index contributed by atoms with van der Waals surface area (Å²) < 4.78 is 4.87. The predicted octanol–water partition coefficient (Wildman–Crippen LogP) is 1.96. The minimum atomic E-state index is -0.417. The van der Waals surface area contributed by atoms with Crippen molar-refractivity contribution in [3.63, 3.8) is 0 Å². The number of likely N-dealkylation sites (tertiary alicyclic amines) is 1. The molecule has 1 aliphatic heterocycles. The normalized spacial score (nSPS) is 18.4. The van der Waals surface area contributed by atoms with Crippen LogP contribution in [0.1, 0.15) is 52.4 Å². The van der Waals surface area contributed by atoms with Gasteiger partial charge in [0, 0.05) is 19.5 Å². The van der Waals surface area contributed by atoms with E-state index in [9.17, 15) is 9.90 Å². The first kappa shape index (κ1) is 15.4. The smallest absolute Gasteiger partial charge is 0.305 e. The molecular formula is C14H27NO3. The fourth-order valence-corrected chi connectivity index (χ4v) is 2.58. The fourth-order valence-electron chi connectivity index (χ4n) is 2.58. The molecule has 1 saturated heterocycles. The molecule has 1 fully saturated rings. The van der Waals surface area contributed by atoms with E-state index in [1.807, 2.05) is 6.92 Å².